The molecule has 1 unspecified atom stereocenters. The molecule has 1 fully saturated rings. The lowest BCUT2D eigenvalue weighted by Gasteiger charge is -2.17. The molecule has 1 atom stereocenters. The third-order valence-corrected chi connectivity index (χ3v) is 4.00. The Hall–Kier alpha value is -1.55. The fraction of sp³-hybridized carbons (Fsp3) is 0.533. The minimum atomic E-state index is -0.0931. The third-order valence-electron chi connectivity index (χ3n) is 4.00. The highest BCUT2D eigenvalue weighted by molar-refractivity contribution is 5.89. The Morgan fingerprint density at radius 2 is 2.05 bits per heavy atom. The van der Waals surface area contributed by atoms with Crippen LogP contribution in [0.3, 0.4) is 0 Å². The monoisotopic (exact) mass is 259 g/mol. The van der Waals surface area contributed by atoms with Crippen molar-refractivity contribution in [1.29, 1.82) is 0 Å². The fourth-order valence-electron chi connectivity index (χ4n) is 2.94. The molecule has 1 aliphatic heterocycles. The van der Waals surface area contributed by atoms with Crippen LogP contribution in [0, 0.1) is 0 Å². The summed E-state index contributed by atoms with van der Waals surface area (Å²) in [5, 5.41) is 9.18. The number of fused-ring (bicyclic) bond motifs is 1. The Bertz CT molecular complexity index is 466. The molecule has 1 heterocycles. The lowest BCUT2D eigenvalue weighted by Crippen LogP contribution is -2.39. The van der Waals surface area contributed by atoms with E-state index in [4.69, 9.17) is 0 Å². The fourth-order valence-corrected chi connectivity index (χ4v) is 2.94. The van der Waals surface area contributed by atoms with Gasteiger partial charge in [-0.1, -0.05) is 6.07 Å². The van der Waals surface area contributed by atoms with Crippen LogP contribution >= 0.6 is 0 Å². The van der Waals surface area contributed by atoms with Crippen molar-refractivity contribution in [2.75, 3.05) is 18.4 Å². The summed E-state index contributed by atoms with van der Waals surface area (Å²) in [5.74, 6) is 0. The topological polar surface area (TPSA) is 53.2 Å². The van der Waals surface area contributed by atoms with Gasteiger partial charge in [-0.2, -0.15) is 0 Å². The Morgan fingerprint density at radius 1 is 1.21 bits per heavy atom. The zero-order valence-corrected chi connectivity index (χ0v) is 11.2. The van der Waals surface area contributed by atoms with Gasteiger partial charge < -0.3 is 16.0 Å². The molecule has 19 heavy (non-hydrogen) atoms. The van der Waals surface area contributed by atoms with E-state index in [0.29, 0.717) is 0 Å². The molecular weight excluding hydrogens is 238 g/mol. The smallest absolute Gasteiger partial charge is 0.319 e. The maximum absolute atomic E-state index is 11.9. The highest BCUT2D eigenvalue weighted by Gasteiger charge is 2.17. The largest absolute Gasteiger partial charge is 0.334 e. The Kier molecular flexibility index (Phi) is 3.69. The molecule has 3 N–H and O–H groups in total. The molecular formula is C15H21N3O. The molecule has 4 heteroatoms. The predicted octanol–water partition coefficient (Wildman–Crippen LogP) is 2.05. The summed E-state index contributed by atoms with van der Waals surface area (Å²) >= 11 is 0. The molecule has 0 radical (unpaired) electrons. The summed E-state index contributed by atoms with van der Waals surface area (Å²) in [6.45, 7) is 1.86. The average molecular weight is 259 g/mol. The molecule has 2 amide bonds. The Morgan fingerprint density at radius 3 is 2.84 bits per heavy atom. The maximum atomic E-state index is 11.9. The van der Waals surface area contributed by atoms with Crippen LogP contribution in [-0.2, 0) is 12.8 Å². The number of rotatable bonds is 2. The van der Waals surface area contributed by atoms with Gasteiger partial charge in [-0.05, 0) is 61.9 Å². The molecule has 2 aliphatic rings. The van der Waals surface area contributed by atoms with Crippen molar-refractivity contribution in [1.82, 2.24) is 10.6 Å². The number of amides is 2. The van der Waals surface area contributed by atoms with E-state index < -0.39 is 0 Å². The van der Waals surface area contributed by atoms with Crippen LogP contribution in [0.4, 0.5) is 10.5 Å². The van der Waals surface area contributed by atoms with Gasteiger partial charge in [-0.3, -0.25) is 0 Å². The minimum Gasteiger partial charge on any atom is -0.334 e. The number of nitrogens with one attached hydrogen (secondary N) is 3. The number of benzene rings is 1. The van der Waals surface area contributed by atoms with Crippen LogP contribution in [0.5, 0.6) is 0 Å². The van der Waals surface area contributed by atoms with Gasteiger partial charge in [-0.15, -0.1) is 0 Å². The lowest BCUT2D eigenvalue weighted by molar-refractivity contribution is 0.249. The van der Waals surface area contributed by atoms with Crippen LogP contribution in [0.25, 0.3) is 0 Å². The lowest BCUT2D eigenvalue weighted by atomic mass is 9.91. The second-order valence-corrected chi connectivity index (χ2v) is 5.48. The van der Waals surface area contributed by atoms with Gasteiger partial charge in [-0.25, -0.2) is 4.79 Å². The van der Waals surface area contributed by atoms with Crippen molar-refractivity contribution >= 4 is 11.7 Å². The van der Waals surface area contributed by atoms with Crippen molar-refractivity contribution in [3.05, 3.63) is 29.3 Å². The molecule has 1 aliphatic carbocycles. The van der Waals surface area contributed by atoms with Crippen molar-refractivity contribution < 1.29 is 4.79 Å². The van der Waals surface area contributed by atoms with Gasteiger partial charge in [0.2, 0.25) is 0 Å². The molecule has 0 spiro atoms. The number of aryl methyl sites for hydroxylation is 2. The second kappa shape index (κ2) is 5.61. The normalized spacial score (nSPS) is 21.8. The van der Waals surface area contributed by atoms with Crippen LogP contribution < -0.4 is 16.0 Å². The van der Waals surface area contributed by atoms with Crippen molar-refractivity contribution in [2.45, 2.75) is 38.1 Å². The average Bonchev–Trinajstić information content (AvgIpc) is 2.91. The van der Waals surface area contributed by atoms with Gasteiger partial charge in [0.1, 0.15) is 0 Å². The van der Waals surface area contributed by atoms with Crippen molar-refractivity contribution in [2.24, 2.45) is 0 Å². The van der Waals surface area contributed by atoms with Gasteiger partial charge in [0.15, 0.2) is 0 Å². The summed E-state index contributed by atoms with van der Waals surface area (Å²) in [6.07, 6.45) is 5.87. The van der Waals surface area contributed by atoms with Crippen LogP contribution in [0.1, 0.15) is 30.4 Å². The molecule has 0 bridgehead atoms. The maximum Gasteiger partial charge on any atom is 0.319 e. The first-order chi connectivity index (χ1) is 9.31. The number of urea groups is 1. The number of carbonyl (C=O) groups excluding carboxylic acids is 1. The highest BCUT2D eigenvalue weighted by atomic mass is 16.2. The van der Waals surface area contributed by atoms with Crippen LogP contribution in [0.15, 0.2) is 18.2 Å². The zero-order chi connectivity index (χ0) is 13.1. The molecule has 102 valence electrons. The van der Waals surface area contributed by atoms with E-state index in [1.54, 1.807) is 0 Å². The molecule has 1 aromatic rings. The minimum absolute atomic E-state index is 0.0931. The van der Waals surface area contributed by atoms with Crippen LogP contribution in [-0.4, -0.2) is 25.2 Å². The summed E-state index contributed by atoms with van der Waals surface area (Å²) in [7, 11) is 0. The molecule has 1 aromatic carbocycles. The summed E-state index contributed by atoms with van der Waals surface area (Å²) in [6, 6.07) is 6.46. The number of hydrogen-bond acceptors (Lipinski definition) is 2. The first kappa shape index (κ1) is 12.5. The van der Waals surface area contributed by atoms with E-state index in [9.17, 15) is 4.79 Å². The van der Waals surface area contributed by atoms with Gasteiger partial charge in [0, 0.05) is 18.3 Å². The zero-order valence-electron chi connectivity index (χ0n) is 11.2. The van der Waals surface area contributed by atoms with E-state index in [2.05, 4.69) is 28.1 Å². The van der Waals surface area contributed by atoms with E-state index in [1.165, 1.54) is 30.4 Å². The molecule has 1 saturated heterocycles. The number of carbonyl (C=O) groups is 1. The van der Waals surface area contributed by atoms with E-state index >= 15 is 0 Å². The summed E-state index contributed by atoms with van der Waals surface area (Å²) in [5.41, 5.74) is 3.74. The van der Waals surface area contributed by atoms with Crippen molar-refractivity contribution in [3.8, 4) is 0 Å². The standard InChI is InChI=1S/C15H21N3O/c19-15(18-14-7-8-16-10-14)17-13-6-5-11-3-1-2-4-12(11)9-13/h5-6,9,14,16H,1-4,7-8,10H2,(H2,17,18,19). The Labute approximate surface area is 114 Å². The first-order valence-corrected chi connectivity index (χ1v) is 7.21. The van der Waals surface area contributed by atoms with Crippen LogP contribution in [0.2, 0.25) is 0 Å². The Balaban J connectivity index is 1.61. The predicted molar refractivity (Wildman–Crippen MR) is 76.5 cm³/mol. The van der Waals surface area contributed by atoms with Crippen molar-refractivity contribution in [3.63, 3.8) is 0 Å². The van der Waals surface area contributed by atoms with E-state index in [0.717, 1.165) is 31.6 Å². The molecule has 4 nitrogen and oxygen atoms in total. The number of anilines is 1. The SMILES string of the molecule is O=C(Nc1ccc2c(c1)CCCC2)NC1CCNC1. The summed E-state index contributed by atoms with van der Waals surface area (Å²) < 4.78 is 0. The summed E-state index contributed by atoms with van der Waals surface area (Å²) in [4.78, 5) is 11.9. The van der Waals surface area contributed by atoms with Gasteiger partial charge in [0.25, 0.3) is 0 Å². The van der Waals surface area contributed by atoms with Gasteiger partial charge in [0.05, 0.1) is 0 Å². The number of hydrogen-bond donors (Lipinski definition) is 3. The molecule has 3 rings (SSSR count). The second-order valence-electron chi connectivity index (χ2n) is 5.48. The molecule has 0 aromatic heterocycles. The molecule has 0 saturated carbocycles. The quantitative estimate of drug-likeness (QED) is 0.761. The van der Waals surface area contributed by atoms with Gasteiger partial charge >= 0.3 is 6.03 Å². The highest BCUT2D eigenvalue weighted by Crippen LogP contribution is 2.24. The van der Waals surface area contributed by atoms with E-state index in [-0.39, 0.29) is 12.1 Å². The first-order valence-electron chi connectivity index (χ1n) is 7.21. The third kappa shape index (κ3) is 3.07. The van der Waals surface area contributed by atoms with E-state index in [1.807, 2.05) is 6.07 Å².